The third-order valence-electron chi connectivity index (χ3n) is 4.13. The number of nitrogens with zero attached hydrogens (tertiary/aromatic N) is 4. The van der Waals surface area contributed by atoms with Gasteiger partial charge in [0.2, 0.25) is 11.7 Å². The lowest BCUT2D eigenvalue weighted by atomic mass is 10.1. The zero-order chi connectivity index (χ0) is 23.7. The first kappa shape index (κ1) is 23.7. The number of nitriles is 1. The molecule has 0 spiro atoms. The van der Waals surface area contributed by atoms with Gasteiger partial charge in [-0.15, -0.1) is 0 Å². The highest BCUT2D eigenvalue weighted by atomic mass is 35.5. The second-order valence-corrected chi connectivity index (χ2v) is 7.29. The van der Waals surface area contributed by atoms with E-state index in [0.29, 0.717) is 21.6 Å². The van der Waals surface area contributed by atoms with Gasteiger partial charge < -0.3 is 9.42 Å². The summed E-state index contributed by atoms with van der Waals surface area (Å²) in [5.74, 6) is -0.336. The molecule has 0 aliphatic carbocycles. The molecule has 0 aliphatic rings. The maximum absolute atomic E-state index is 13.2. The molecule has 0 atom stereocenters. The monoisotopic (exact) mass is 494 g/mol. The van der Waals surface area contributed by atoms with Gasteiger partial charge in [-0.3, -0.25) is 0 Å². The van der Waals surface area contributed by atoms with Crippen LogP contribution in [0.3, 0.4) is 0 Å². The largest absolute Gasteiger partial charge is 0.417 e. The average molecular weight is 495 g/mol. The Morgan fingerprint density at radius 3 is 2.34 bits per heavy atom. The number of rotatable bonds is 5. The highest BCUT2D eigenvalue weighted by Crippen LogP contribution is 2.36. The normalized spacial score (nSPS) is 12.0. The molecule has 0 unspecified atom stereocenters. The van der Waals surface area contributed by atoms with Gasteiger partial charge in [-0.25, -0.2) is 0 Å². The lowest BCUT2D eigenvalue weighted by Crippen LogP contribution is -2.34. The van der Waals surface area contributed by atoms with Gasteiger partial charge in [0.1, 0.15) is 6.54 Å². The molecule has 0 bridgehead atoms. The third kappa shape index (κ3) is 5.63. The average Bonchev–Trinajstić information content (AvgIpc) is 3.13. The molecule has 0 N–H and O–H groups in total. The molecular formula is C19H10Cl2F6N4O. The van der Waals surface area contributed by atoms with Crippen molar-refractivity contribution in [3.05, 3.63) is 63.5 Å². The van der Waals surface area contributed by atoms with E-state index in [9.17, 15) is 26.3 Å². The maximum Gasteiger partial charge on any atom is 0.417 e. The molecular weight excluding hydrogens is 485 g/mol. The van der Waals surface area contributed by atoms with Crippen LogP contribution in [0.4, 0.5) is 32.0 Å². The minimum Gasteiger partial charge on any atom is -0.353 e. The van der Waals surface area contributed by atoms with Gasteiger partial charge in [-0.2, -0.15) is 36.6 Å². The molecule has 0 saturated carbocycles. The third-order valence-corrected chi connectivity index (χ3v) is 4.68. The Morgan fingerprint density at radius 1 is 1.03 bits per heavy atom. The van der Waals surface area contributed by atoms with Crippen LogP contribution in [0.15, 0.2) is 40.9 Å². The summed E-state index contributed by atoms with van der Waals surface area (Å²) in [4.78, 5) is 4.56. The van der Waals surface area contributed by atoms with Crippen molar-refractivity contribution in [2.24, 2.45) is 0 Å². The summed E-state index contributed by atoms with van der Waals surface area (Å²) in [5.41, 5.74) is -2.21. The second kappa shape index (κ2) is 8.88. The molecule has 1 heterocycles. The van der Waals surface area contributed by atoms with E-state index in [1.54, 1.807) is 0 Å². The minimum absolute atomic E-state index is 0.0376. The Morgan fingerprint density at radius 2 is 1.75 bits per heavy atom. The van der Waals surface area contributed by atoms with Crippen LogP contribution in [0.1, 0.15) is 17.0 Å². The fourth-order valence-corrected chi connectivity index (χ4v) is 3.27. The summed E-state index contributed by atoms with van der Waals surface area (Å²) < 4.78 is 84.1. The number of hydrogen-bond donors (Lipinski definition) is 0. The van der Waals surface area contributed by atoms with Crippen molar-refractivity contribution < 1.29 is 30.9 Å². The molecule has 5 nitrogen and oxygen atoms in total. The first-order valence-electron chi connectivity index (χ1n) is 8.58. The van der Waals surface area contributed by atoms with E-state index in [1.807, 2.05) is 0 Å². The Bertz CT molecular complexity index is 1170. The van der Waals surface area contributed by atoms with Crippen LogP contribution in [-0.4, -0.2) is 22.9 Å². The van der Waals surface area contributed by atoms with Crippen LogP contribution in [0.25, 0.3) is 11.4 Å². The molecule has 2 aromatic carbocycles. The smallest absolute Gasteiger partial charge is 0.353 e. The Labute approximate surface area is 186 Å². The van der Waals surface area contributed by atoms with Crippen molar-refractivity contribution in [2.45, 2.75) is 18.9 Å². The first-order valence-corrected chi connectivity index (χ1v) is 9.34. The van der Waals surface area contributed by atoms with Crippen molar-refractivity contribution in [1.29, 1.82) is 5.26 Å². The van der Waals surface area contributed by atoms with Gasteiger partial charge in [0.25, 0.3) is 0 Å². The van der Waals surface area contributed by atoms with Crippen molar-refractivity contribution >= 4 is 28.9 Å². The summed E-state index contributed by atoms with van der Waals surface area (Å²) in [6, 6.07) is 7.99. The maximum atomic E-state index is 13.2. The van der Waals surface area contributed by atoms with E-state index in [-0.39, 0.29) is 16.7 Å². The highest BCUT2D eigenvalue weighted by Gasteiger charge is 2.36. The van der Waals surface area contributed by atoms with Crippen LogP contribution in [-0.2, 0) is 12.7 Å². The topological polar surface area (TPSA) is 66.0 Å². The van der Waals surface area contributed by atoms with Gasteiger partial charge in [0, 0.05) is 16.3 Å². The molecule has 13 heteroatoms. The molecule has 0 aliphatic heterocycles. The van der Waals surface area contributed by atoms with Gasteiger partial charge in [-0.05, 0) is 36.4 Å². The van der Waals surface area contributed by atoms with Crippen molar-refractivity contribution in [1.82, 2.24) is 10.1 Å². The zero-order valence-corrected chi connectivity index (χ0v) is 17.1. The molecule has 0 radical (unpaired) electrons. The van der Waals surface area contributed by atoms with Crippen LogP contribution < -0.4 is 4.90 Å². The predicted octanol–water partition coefficient (Wildman–Crippen LogP) is 6.50. The molecule has 3 rings (SSSR count). The quantitative estimate of drug-likeness (QED) is 0.378. The molecule has 168 valence electrons. The summed E-state index contributed by atoms with van der Waals surface area (Å²) in [6.45, 7) is -2.25. The van der Waals surface area contributed by atoms with E-state index in [4.69, 9.17) is 33.0 Å². The number of benzene rings is 2. The van der Waals surface area contributed by atoms with Gasteiger partial charge >= 0.3 is 12.4 Å². The molecule has 3 aromatic rings. The molecule has 0 fully saturated rings. The van der Waals surface area contributed by atoms with Gasteiger partial charge in [-0.1, -0.05) is 28.4 Å². The van der Waals surface area contributed by atoms with E-state index < -0.39 is 42.3 Å². The van der Waals surface area contributed by atoms with Crippen LogP contribution in [0.5, 0.6) is 0 Å². The summed E-state index contributed by atoms with van der Waals surface area (Å²) in [6.07, 6.45) is -9.69. The minimum atomic E-state index is -4.94. The summed E-state index contributed by atoms with van der Waals surface area (Å²) in [5, 5.41) is 13.0. The van der Waals surface area contributed by atoms with Crippen LogP contribution >= 0.6 is 23.2 Å². The van der Waals surface area contributed by atoms with E-state index in [2.05, 4.69) is 10.1 Å². The number of anilines is 1. The lowest BCUT2D eigenvalue weighted by molar-refractivity contribution is -0.137. The van der Waals surface area contributed by atoms with Crippen molar-refractivity contribution in [3.63, 3.8) is 0 Å². The fourth-order valence-electron chi connectivity index (χ4n) is 2.78. The van der Waals surface area contributed by atoms with Crippen LogP contribution in [0.2, 0.25) is 10.0 Å². The number of alkyl halides is 6. The second-order valence-electron chi connectivity index (χ2n) is 6.45. The molecule has 0 saturated heterocycles. The Kier molecular flexibility index (Phi) is 6.57. The van der Waals surface area contributed by atoms with Crippen LogP contribution in [0, 0.1) is 11.3 Å². The van der Waals surface area contributed by atoms with Crippen molar-refractivity contribution in [3.8, 4) is 17.5 Å². The lowest BCUT2D eigenvalue weighted by Gasteiger charge is -2.25. The van der Waals surface area contributed by atoms with E-state index in [1.165, 1.54) is 24.3 Å². The number of hydrogen-bond acceptors (Lipinski definition) is 5. The molecule has 1 aromatic heterocycles. The van der Waals surface area contributed by atoms with E-state index >= 15 is 0 Å². The summed E-state index contributed by atoms with van der Waals surface area (Å²) >= 11 is 11.9. The van der Waals surface area contributed by atoms with Gasteiger partial charge in [0.05, 0.1) is 28.8 Å². The number of halogens is 8. The summed E-state index contributed by atoms with van der Waals surface area (Å²) in [7, 11) is 0. The molecule has 0 amide bonds. The Hall–Kier alpha value is -2.97. The standard InChI is InChI=1S/C19H10Cl2F6N4O/c20-11-2-4-13(15(21)5-11)17-29-16(32-30-17)8-31(9-18(22,23)24)12-3-1-10(7-28)14(6-12)19(25,26)27/h1-6H,8-9H2. The fraction of sp³-hybridized carbons (Fsp3) is 0.211. The SMILES string of the molecule is N#Cc1ccc(N(Cc2nc(-c3ccc(Cl)cc3Cl)no2)CC(F)(F)F)cc1C(F)(F)F. The van der Waals surface area contributed by atoms with Crippen molar-refractivity contribution in [2.75, 3.05) is 11.4 Å². The first-order chi connectivity index (χ1) is 14.9. The van der Waals surface area contributed by atoms with Gasteiger partial charge in [0.15, 0.2) is 0 Å². The predicted molar refractivity (Wildman–Crippen MR) is 103 cm³/mol. The van der Waals surface area contributed by atoms with E-state index in [0.717, 1.165) is 12.1 Å². The number of aromatic nitrogens is 2. The Balaban J connectivity index is 1.97. The zero-order valence-electron chi connectivity index (χ0n) is 15.6. The molecule has 32 heavy (non-hydrogen) atoms. The highest BCUT2D eigenvalue weighted by molar-refractivity contribution is 6.36.